The third-order valence-corrected chi connectivity index (χ3v) is 5.95. The highest BCUT2D eigenvalue weighted by molar-refractivity contribution is 7.89. The molecule has 1 amide bonds. The van der Waals surface area contributed by atoms with E-state index in [9.17, 15) is 18.3 Å². The summed E-state index contributed by atoms with van der Waals surface area (Å²) in [4.78, 5) is 12.3. The van der Waals surface area contributed by atoms with Gasteiger partial charge in [-0.2, -0.15) is 5.10 Å². The third kappa shape index (κ3) is 4.29. The van der Waals surface area contributed by atoms with Crippen LogP contribution in [0, 0.1) is 5.41 Å². The topological polar surface area (TPSA) is 113 Å². The zero-order valence-electron chi connectivity index (χ0n) is 14.5. The largest absolute Gasteiger partial charge is 0.396 e. The second-order valence-corrected chi connectivity index (χ2v) is 8.48. The second-order valence-electron chi connectivity index (χ2n) is 6.72. The van der Waals surface area contributed by atoms with Gasteiger partial charge in [0.2, 0.25) is 10.0 Å². The predicted octanol–water partition coefficient (Wildman–Crippen LogP) is 0.401. The lowest BCUT2D eigenvalue weighted by molar-refractivity contribution is 0.0950. The van der Waals surface area contributed by atoms with E-state index in [-0.39, 0.29) is 34.9 Å². The van der Waals surface area contributed by atoms with Crippen LogP contribution in [0.5, 0.6) is 0 Å². The van der Waals surface area contributed by atoms with Crippen molar-refractivity contribution in [2.24, 2.45) is 12.5 Å². The zero-order valence-corrected chi connectivity index (χ0v) is 15.3. The molecule has 2 aromatic rings. The van der Waals surface area contributed by atoms with Gasteiger partial charge in [0, 0.05) is 49.5 Å². The van der Waals surface area contributed by atoms with E-state index in [4.69, 9.17) is 0 Å². The van der Waals surface area contributed by atoms with Crippen molar-refractivity contribution >= 4 is 15.9 Å². The van der Waals surface area contributed by atoms with Crippen LogP contribution < -0.4 is 10.0 Å². The van der Waals surface area contributed by atoms with Gasteiger partial charge in [-0.3, -0.25) is 9.48 Å². The lowest BCUT2D eigenvalue weighted by Gasteiger charge is -2.13. The minimum absolute atomic E-state index is 0.0280. The average Bonchev–Trinajstić information content (AvgIpc) is 3.32. The molecule has 1 heterocycles. The number of nitrogens with one attached hydrogen (secondary N) is 2. The van der Waals surface area contributed by atoms with Crippen LogP contribution in [0.2, 0.25) is 0 Å². The average molecular weight is 378 g/mol. The summed E-state index contributed by atoms with van der Waals surface area (Å²) in [5.74, 6) is -0.361. The second kappa shape index (κ2) is 7.18. The monoisotopic (exact) mass is 378 g/mol. The molecule has 0 saturated heterocycles. The molecule has 1 aliphatic rings. The number of aromatic nitrogens is 2. The molecule has 0 spiro atoms. The van der Waals surface area contributed by atoms with Crippen LogP contribution in [0.25, 0.3) is 0 Å². The molecule has 26 heavy (non-hydrogen) atoms. The number of rotatable bonds is 8. The van der Waals surface area contributed by atoms with Gasteiger partial charge in [-0.05, 0) is 31.0 Å². The Morgan fingerprint density at radius 2 is 2.15 bits per heavy atom. The van der Waals surface area contributed by atoms with E-state index in [0.29, 0.717) is 6.54 Å². The first kappa shape index (κ1) is 18.6. The highest BCUT2D eigenvalue weighted by atomic mass is 32.2. The van der Waals surface area contributed by atoms with Crippen molar-refractivity contribution in [3.63, 3.8) is 0 Å². The first-order valence-corrected chi connectivity index (χ1v) is 9.78. The minimum Gasteiger partial charge on any atom is -0.396 e. The molecule has 1 aromatic carbocycles. The van der Waals surface area contributed by atoms with Crippen molar-refractivity contribution in [2.45, 2.75) is 24.3 Å². The summed E-state index contributed by atoms with van der Waals surface area (Å²) in [6.07, 6.45) is 5.06. The number of aliphatic hydroxyl groups excluding tert-OH is 1. The molecule has 8 nitrogen and oxygen atoms in total. The SMILES string of the molecule is Cn1cc(CNC(=O)c2cccc(S(=O)(=O)NCC3(CO)CC3)c2)cn1. The van der Waals surface area contributed by atoms with E-state index in [1.165, 1.54) is 18.2 Å². The summed E-state index contributed by atoms with van der Waals surface area (Å²) < 4.78 is 29.1. The number of amides is 1. The van der Waals surface area contributed by atoms with E-state index >= 15 is 0 Å². The number of carbonyl (C=O) groups is 1. The van der Waals surface area contributed by atoms with Crippen molar-refractivity contribution in [3.8, 4) is 0 Å². The van der Waals surface area contributed by atoms with Crippen LogP contribution in [0.3, 0.4) is 0 Å². The minimum atomic E-state index is -3.74. The summed E-state index contributed by atoms with van der Waals surface area (Å²) in [5, 5.41) is 16.1. The molecule has 1 saturated carbocycles. The first-order valence-electron chi connectivity index (χ1n) is 8.30. The fourth-order valence-electron chi connectivity index (χ4n) is 2.55. The Kier molecular flexibility index (Phi) is 5.12. The van der Waals surface area contributed by atoms with Crippen molar-refractivity contribution in [1.29, 1.82) is 0 Å². The van der Waals surface area contributed by atoms with E-state index in [1.54, 1.807) is 30.2 Å². The van der Waals surface area contributed by atoms with E-state index in [1.807, 2.05) is 0 Å². The first-order chi connectivity index (χ1) is 12.3. The summed E-state index contributed by atoms with van der Waals surface area (Å²) >= 11 is 0. The van der Waals surface area contributed by atoms with Gasteiger partial charge in [0.1, 0.15) is 0 Å². The molecule has 9 heteroatoms. The Hall–Kier alpha value is -2.23. The maximum Gasteiger partial charge on any atom is 0.251 e. The summed E-state index contributed by atoms with van der Waals surface area (Å²) in [5.41, 5.74) is 0.788. The number of benzene rings is 1. The molecule has 0 atom stereocenters. The zero-order chi connectivity index (χ0) is 18.8. The summed E-state index contributed by atoms with van der Waals surface area (Å²) in [7, 11) is -1.95. The maximum absolute atomic E-state index is 12.4. The van der Waals surface area contributed by atoms with E-state index < -0.39 is 10.0 Å². The molecular formula is C17H22N4O4S. The molecule has 0 radical (unpaired) electrons. The number of carbonyl (C=O) groups excluding carboxylic acids is 1. The standard InChI is InChI=1S/C17H22N4O4S/c1-21-10-13(9-19-21)8-18-16(23)14-3-2-4-15(7-14)26(24,25)20-11-17(12-22)5-6-17/h2-4,7,9-10,20,22H,5-6,8,11-12H2,1H3,(H,18,23). The van der Waals surface area contributed by atoms with Crippen LogP contribution >= 0.6 is 0 Å². The van der Waals surface area contributed by atoms with Crippen LogP contribution in [-0.4, -0.2) is 42.4 Å². The Morgan fingerprint density at radius 3 is 2.77 bits per heavy atom. The van der Waals surface area contributed by atoms with E-state index in [2.05, 4.69) is 15.1 Å². The Labute approximate surface area is 152 Å². The Morgan fingerprint density at radius 1 is 1.38 bits per heavy atom. The third-order valence-electron chi connectivity index (χ3n) is 4.55. The Bertz CT molecular complexity index is 903. The molecule has 140 valence electrons. The number of nitrogens with zero attached hydrogens (tertiary/aromatic N) is 2. The Balaban J connectivity index is 1.65. The van der Waals surface area contributed by atoms with E-state index in [0.717, 1.165) is 18.4 Å². The molecule has 3 N–H and O–H groups in total. The fourth-order valence-corrected chi connectivity index (χ4v) is 3.75. The molecule has 0 aliphatic heterocycles. The summed E-state index contributed by atoms with van der Waals surface area (Å²) in [6, 6.07) is 5.89. The number of hydrogen-bond donors (Lipinski definition) is 3. The van der Waals surface area contributed by atoms with Crippen molar-refractivity contribution in [3.05, 3.63) is 47.8 Å². The molecular weight excluding hydrogens is 356 g/mol. The number of aryl methyl sites for hydroxylation is 1. The van der Waals surface area contributed by atoms with Crippen LogP contribution in [-0.2, 0) is 23.6 Å². The predicted molar refractivity (Wildman–Crippen MR) is 94.8 cm³/mol. The smallest absolute Gasteiger partial charge is 0.251 e. The molecule has 1 fully saturated rings. The number of sulfonamides is 1. The van der Waals surface area contributed by atoms with Crippen molar-refractivity contribution in [2.75, 3.05) is 13.2 Å². The molecule has 0 bridgehead atoms. The van der Waals surface area contributed by atoms with Crippen LogP contribution in [0.15, 0.2) is 41.6 Å². The molecule has 1 aromatic heterocycles. The molecule has 0 unspecified atom stereocenters. The van der Waals surface area contributed by atoms with Gasteiger partial charge >= 0.3 is 0 Å². The van der Waals surface area contributed by atoms with Crippen LogP contribution in [0.4, 0.5) is 0 Å². The number of hydrogen-bond acceptors (Lipinski definition) is 5. The van der Waals surface area contributed by atoms with Gasteiger partial charge in [0.05, 0.1) is 11.1 Å². The van der Waals surface area contributed by atoms with Gasteiger partial charge in [-0.15, -0.1) is 0 Å². The number of aliphatic hydroxyl groups is 1. The van der Waals surface area contributed by atoms with Crippen LogP contribution in [0.1, 0.15) is 28.8 Å². The highest BCUT2D eigenvalue weighted by Gasteiger charge is 2.42. The molecule has 3 rings (SSSR count). The van der Waals surface area contributed by atoms with Gasteiger partial charge in [0.25, 0.3) is 5.91 Å². The quantitative estimate of drug-likeness (QED) is 0.615. The maximum atomic E-state index is 12.4. The summed E-state index contributed by atoms with van der Waals surface area (Å²) in [6.45, 7) is 0.469. The molecule has 1 aliphatic carbocycles. The van der Waals surface area contributed by atoms with Crippen molar-refractivity contribution < 1.29 is 18.3 Å². The van der Waals surface area contributed by atoms with Gasteiger partial charge in [0.15, 0.2) is 0 Å². The fraction of sp³-hybridized carbons (Fsp3) is 0.412. The normalized spacial score (nSPS) is 15.6. The van der Waals surface area contributed by atoms with Gasteiger partial charge < -0.3 is 10.4 Å². The van der Waals surface area contributed by atoms with Crippen molar-refractivity contribution in [1.82, 2.24) is 19.8 Å². The highest BCUT2D eigenvalue weighted by Crippen LogP contribution is 2.44. The van der Waals surface area contributed by atoms with Gasteiger partial charge in [-0.1, -0.05) is 6.07 Å². The lowest BCUT2D eigenvalue weighted by Crippen LogP contribution is -2.32. The van der Waals surface area contributed by atoms with Gasteiger partial charge in [-0.25, -0.2) is 13.1 Å². The lowest BCUT2D eigenvalue weighted by atomic mass is 10.1.